The second kappa shape index (κ2) is 7.07. The molecule has 0 bridgehead atoms. The molecule has 118 valence electrons. The summed E-state index contributed by atoms with van der Waals surface area (Å²) in [7, 11) is 0. The Hall–Kier alpha value is -1.65. The fourth-order valence-electron chi connectivity index (χ4n) is 2.96. The molecule has 1 aliphatic heterocycles. The van der Waals surface area contributed by atoms with E-state index in [1.54, 1.807) is 0 Å². The van der Waals surface area contributed by atoms with Crippen molar-refractivity contribution >= 4 is 0 Å². The Balaban J connectivity index is 1.82. The van der Waals surface area contributed by atoms with Gasteiger partial charge in [0.1, 0.15) is 5.82 Å². The third-order valence-corrected chi connectivity index (χ3v) is 4.27. The van der Waals surface area contributed by atoms with E-state index in [0.717, 1.165) is 51.4 Å². The van der Waals surface area contributed by atoms with Gasteiger partial charge in [-0.05, 0) is 13.3 Å². The van der Waals surface area contributed by atoms with Crippen molar-refractivity contribution in [1.82, 2.24) is 20.2 Å². The number of H-pyrrole nitrogens is 1. The Kier molecular flexibility index (Phi) is 4.90. The zero-order valence-corrected chi connectivity index (χ0v) is 13.7. The highest BCUT2D eigenvalue weighted by Crippen LogP contribution is 2.21. The first-order chi connectivity index (χ1) is 10.8. The number of aryl methyl sites for hydroxylation is 2. The molecule has 0 radical (unpaired) electrons. The first-order valence-corrected chi connectivity index (χ1v) is 8.34. The van der Waals surface area contributed by atoms with Gasteiger partial charge < -0.3 is 10.3 Å². The van der Waals surface area contributed by atoms with Crippen LogP contribution in [0.5, 0.6) is 0 Å². The third-order valence-electron chi connectivity index (χ3n) is 4.27. The van der Waals surface area contributed by atoms with Crippen LogP contribution in [0, 0.1) is 6.92 Å². The van der Waals surface area contributed by atoms with Gasteiger partial charge >= 0.3 is 0 Å². The number of nitrogens with one attached hydrogen (secondary N) is 2. The molecule has 1 aliphatic rings. The average Bonchev–Trinajstić information content (AvgIpc) is 2.92. The third kappa shape index (κ3) is 3.57. The van der Waals surface area contributed by atoms with Gasteiger partial charge in [-0.25, -0.2) is 4.98 Å². The van der Waals surface area contributed by atoms with Crippen LogP contribution in [0.2, 0.25) is 0 Å². The Labute approximate surface area is 133 Å². The van der Waals surface area contributed by atoms with Gasteiger partial charge in [-0.15, -0.1) is 0 Å². The van der Waals surface area contributed by atoms with Gasteiger partial charge in [0.2, 0.25) is 0 Å². The molecular weight excluding hydrogens is 272 g/mol. The molecule has 2 aromatic rings. The lowest BCUT2D eigenvalue weighted by Crippen LogP contribution is -2.43. The highest BCUT2D eigenvalue weighted by atomic mass is 15.2. The lowest BCUT2D eigenvalue weighted by atomic mass is 10.1. The van der Waals surface area contributed by atoms with Crippen LogP contribution < -0.4 is 5.32 Å². The summed E-state index contributed by atoms with van der Waals surface area (Å²) in [6.07, 6.45) is 2.18. The van der Waals surface area contributed by atoms with E-state index in [2.05, 4.69) is 53.3 Å². The van der Waals surface area contributed by atoms with E-state index in [1.165, 1.54) is 22.5 Å². The average molecular weight is 298 g/mol. The largest absolute Gasteiger partial charge is 0.341 e. The lowest BCUT2D eigenvalue weighted by molar-refractivity contribution is 0.230. The number of aromatic amines is 1. The molecule has 4 heteroatoms. The van der Waals surface area contributed by atoms with Crippen LogP contribution in [0.3, 0.4) is 0 Å². The fraction of sp³-hybridized carbons (Fsp3) is 0.500. The zero-order valence-electron chi connectivity index (χ0n) is 13.7. The van der Waals surface area contributed by atoms with Gasteiger partial charge in [-0.3, -0.25) is 4.90 Å². The van der Waals surface area contributed by atoms with Crippen molar-refractivity contribution in [3.8, 4) is 11.4 Å². The summed E-state index contributed by atoms with van der Waals surface area (Å²) in [5.74, 6) is 1.01. The van der Waals surface area contributed by atoms with Crippen LogP contribution in [0.15, 0.2) is 24.3 Å². The van der Waals surface area contributed by atoms with Crippen LogP contribution in [-0.4, -0.2) is 41.0 Å². The molecule has 0 aliphatic carbocycles. The molecule has 0 unspecified atom stereocenters. The summed E-state index contributed by atoms with van der Waals surface area (Å²) >= 11 is 0. The fourth-order valence-corrected chi connectivity index (χ4v) is 2.96. The normalized spacial score (nSPS) is 16.1. The number of benzene rings is 1. The number of hydrogen-bond acceptors (Lipinski definition) is 3. The van der Waals surface area contributed by atoms with Gasteiger partial charge in [0.15, 0.2) is 0 Å². The van der Waals surface area contributed by atoms with E-state index in [0.29, 0.717) is 0 Å². The summed E-state index contributed by atoms with van der Waals surface area (Å²) in [4.78, 5) is 10.9. The smallest absolute Gasteiger partial charge is 0.137 e. The molecule has 1 aromatic heterocycles. The number of hydrogen-bond donors (Lipinski definition) is 2. The highest BCUT2D eigenvalue weighted by molar-refractivity contribution is 5.56. The first kappa shape index (κ1) is 15.3. The summed E-state index contributed by atoms with van der Waals surface area (Å²) < 4.78 is 0. The lowest BCUT2D eigenvalue weighted by Gasteiger charge is -2.26. The number of aromatic nitrogens is 2. The minimum Gasteiger partial charge on any atom is -0.341 e. The number of piperazine rings is 1. The van der Waals surface area contributed by atoms with Gasteiger partial charge in [0.05, 0.1) is 11.4 Å². The van der Waals surface area contributed by atoms with E-state index >= 15 is 0 Å². The molecule has 0 spiro atoms. The van der Waals surface area contributed by atoms with Crippen molar-refractivity contribution in [2.75, 3.05) is 26.2 Å². The summed E-state index contributed by atoms with van der Waals surface area (Å²) in [5, 5.41) is 3.41. The van der Waals surface area contributed by atoms with Gasteiger partial charge in [0, 0.05) is 38.3 Å². The highest BCUT2D eigenvalue weighted by Gasteiger charge is 2.16. The van der Waals surface area contributed by atoms with E-state index < -0.39 is 0 Å². The van der Waals surface area contributed by atoms with E-state index in [9.17, 15) is 0 Å². The number of imidazole rings is 1. The minimum absolute atomic E-state index is 0.982. The van der Waals surface area contributed by atoms with E-state index in [1.807, 2.05) is 0 Å². The molecule has 0 saturated carbocycles. The van der Waals surface area contributed by atoms with Crippen molar-refractivity contribution < 1.29 is 0 Å². The predicted octanol–water partition coefficient (Wildman–Crippen LogP) is 2.74. The Morgan fingerprint density at radius 1 is 1.14 bits per heavy atom. The van der Waals surface area contributed by atoms with Crippen molar-refractivity contribution in [2.45, 2.75) is 33.2 Å². The zero-order chi connectivity index (χ0) is 15.4. The maximum atomic E-state index is 4.87. The molecule has 3 rings (SSSR count). The second-order valence-corrected chi connectivity index (χ2v) is 6.15. The van der Waals surface area contributed by atoms with Crippen molar-refractivity contribution in [1.29, 1.82) is 0 Å². The monoisotopic (exact) mass is 298 g/mol. The minimum atomic E-state index is 0.982. The Morgan fingerprint density at radius 2 is 1.86 bits per heavy atom. The molecule has 1 aromatic carbocycles. The summed E-state index contributed by atoms with van der Waals surface area (Å²) in [6.45, 7) is 9.72. The van der Waals surface area contributed by atoms with E-state index in [-0.39, 0.29) is 0 Å². The molecule has 1 fully saturated rings. The predicted molar refractivity (Wildman–Crippen MR) is 90.9 cm³/mol. The molecule has 1 saturated heterocycles. The Morgan fingerprint density at radius 3 is 2.55 bits per heavy atom. The van der Waals surface area contributed by atoms with Gasteiger partial charge in [-0.1, -0.05) is 43.2 Å². The maximum Gasteiger partial charge on any atom is 0.137 e. The van der Waals surface area contributed by atoms with Crippen molar-refractivity contribution in [2.24, 2.45) is 0 Å². The quantitative estimate of drug-likeness (QED) is 0.892. The Bertz CT molecular complexity index is 594. The van der Waals surface area contributed by atoms with Crippen molar-refractivity contribution in [3.63, 3.8) is 0 Å². The topological polar surface area (TPSA) is 44.0 Å². The van der Waals surface area contributed by atoms with Gasteiger partial charge in [-0.2, -0.15) is 0 Å². The second-order valence-electron chi connectivity index (χ2n) is 6.15. The van der Waals surface area contributed by atoms with Gasteiger partial charge in [0.25, 0.3) is 0 Å². The van der Waals surface area contributed by atoms with Crippen LogP contribution >= 0.6 is 0 Å². The number of rotatable bonds is 5. The molecule has 22 heavy (non-hydrogen) atoms. The van der Waals surface area contributed by atoms with Crippen LogP contribution in [0.1, 0.15) is 30.3 Å². The molecule has 2 N–H and O–H groups in total. The van der Waals surface area contributed by atoms with Crippen LogP contribution in [-0.2, 0) is 13.0 Å². The summed E-state index contributed by atoms with van der Waals surface area (Å²) in [5.41, 5.74) is 4.98. The first-order valence-electron chi connectivity index (χ1n) is 8.34. The molecule has 0 amide bonds. The van der Waals surface area contributed by atoms with Crippen molar-refractivity contribution in [3.05, 3.63) is 41.2 Å². The molecule has 0 atom stereocenters. The standard InChI is InChI=1S/C18H26N4/c1-3-4-16-17(13-22-11-9-19-10-12-22)21-18(20-16)15-7-5-14(2)6-8-15/h5-8,19H,3-4,9-13H2,1-2H3,(H,20,21). The van der Waals surface area contributed by atoms with E-state index in [4.69, 9.17) is 4.98 Å². The maximum absolute atomic E-state index is 4.87. The molecule has 4 nitrogen and oxygen atoms in total. The van der Waals surface area contributed by atoms with Crippen LogP contribution in [0.25, 0.3) is 11.4 Å². The number of nitrogens with zero attached hydrogens (tertiary/aromatic N) is 2. The van der Waals surface area contributed by atoms with Crippen LogP contribution in [0.4, 0.5) is 0 Å². The molecule has 2 heterocycles. The SMILES string of the molecule is CCCc1nc(-c2ccc(C)cc2)[nH]c1CN1CCNCC1. The molecular formula is C18H26N4. The summed E-state index contributed by atoms with van der Waals surface area (Å²) in [6, 6.07) is 8.59.